The van der Waals surface area contributed by atoms with Crippen LogP contribution in [0.25, 0.3) is 0 Å². The van der Waals surface area contributed by atoms with E-state index in [0.29, 0.717) is 18.7 Å². The zero-order chi connectivity index (χ0) is 15.2. The van der Waals surface area contributed by atoms with Crippen molar-refractivity contribution in [2.75, 3.05) is 19.1 Å². The molecule has 0 bridgehead atoms. The normalized spacial score (nSPS) is 10.0. The van der Waals surface area contributed by atoms with Gasteiger partial charge in [-0.15, -0.1) is 0 Å². The Morgan fingerprint density at radius 3 is 2.67 bits per heavy atom. The van der Waals surface area contributed by atoms with Crippen LogP contribution >= 0.6 is 0 Å². The molecule has 2 aromatic carbocycles. The summed E-state index contributed by atoms with van der Waals surface area (Å²) < 4.78 is 5.23. The van der Waals surface area contributed by atoms with Crippen molar-refractivity contribution in [3.05, 3.63) is 59.2 Å². The van der Waals surface area contributed by atoms with Crippen molar-refractivity contribution in [1.82, 2.24) is 0 Å². The standard InChI is InChI=1S/C17H19N3O/c1-20(12-14-4-3-5-16(9-14)21-2)17-7-6-13(10-18)8-15(17)11-19/h3-9H,10,12,18H2,1-2H3. The Morgan fingerprint density at radius 1 is 1.19 bits per heavy atom. The monoisotopic (exact) mass is 281 g/mol. The van der Waals surface area contributed by atoms with Crippen molar-refractivity contribution in [3.63, 3.8) is 0 Å². The van der Waals surface area contributed by atoms with Gasteiger partial charge in [-0.2, -0.15) is 5.26 Å². The van der Waals surface area contributed by atoms with E-state index in [-0.39, 0.29) is 0 Å². The SMILES string of the molecule is COc1cccc(CN(C)c2ccc(CN)cc2C#N)c1. The number of hydrogen-bond acceptors (Lipinski definition) is 4. The van der Waals surface area contributed by atoms with Gasteiger partial charge >= 0.3 is 0 Å². The van der Waals surface area contributed by atoms with Crippen LogP contribution in [-0.4, -0.2) is 14.2 Å². The lowest BCUT2D eigenvalue weighted by atomic mass is 10.1. The Bertz CT molecular complexity index is 661. The smallest absolute Gasteiger partial charge is 0.119 e. The Kier molecular flexibility index (Phi) is 4.81. The largest absolute Gasteiger partial charge is 0.497 e. The minimum Gasteiger partial charge on any atom is -0.497 e. The predicted octanol–water partition coefficient (Wildman–Crippen LogP) is 2.66. The first-order valence-electron chi connectivity index (χ1n) is 6.75. The topological polar surface area (TPSA) is 62.3 Å². The summed E-state index contributed by atoms with van der Waals surface area (Å²) in [6, 6.07) is 15.9. The first-order valence-corrected chi connectivity index (χ1v) is 6.75. The number of anilines is 1. The molecule has 2 rings (SSSR count). The highest BCUT2D eigenvalue weighted by Gasteiger charge is 2.09. The summed E-state index contributed by atoms with van der Waals surface area (Å²) >= 11 is 0. The molecule has 0 amide bonds. The van der Waals surface area contributed by atoms with E-state index in [1.807, 2.05) is 54.4 Å². The van der Waals surface area contributed by atoms with Crippen molar-refractivity contribution in [2.45, 2.75) is 13.1 Å². The Labute approximate surface area is 125 Å². The zero-order valence-corrected chi connectivity index (χ0v) is 12.3. The van der Waals surface area contributed by atoms with Crippen LogP contribution in [0.1, 0.15) is 16.7 Å². The predicted molar refractivity (Wildman–Crippen MR) is 84.1 cm³/mol. The minimum atomic E-state index is 0.439. The van der Waals surface area contributed by atoms with Crippen LogP contribution < -0.4 is 15.4 Å². The number of benzene rings is 2. The maximum atomic E-state index is 9.30. The second-order valence-corrected chi connectivity index (χ2v) is 4.88. The molecule has 2 aromatic rings. The molecule has 108 valence electrons. The van der Waals surface area contributed by atoms with Gasteiger partial charge < -0.3 is 15.4 Å². The number of nitriles is 1. The fourth-order valence-electron chi connectivity index (χ4n) is 2.26. The summed E-state index contributed by atoms with van der Waals surface area (Å²) in [5, 5.41) is 9.30. The van der Waals surface area contributed by atoms with Crippen molar-refractivity contribution >= 4 is 5.69 Å². The molecule has 0 unspecified atom stereocenters. The maximum Gasteiger partial charge on any atom is 0.119 e. The molecule has 0 heterocycles. The number of methoxy groups -OCH3 is 1. The lowest BCUT2D eigenvalue weighted by Crippen LogP contribution is -2.17. The summed E-state index contributed by atoms with van der Waals surface area (Å²) in [6.07, 6.45) is 0. The van der Waals surface area contributed by atoms with E-state index < -0.39 is 0 Å². The van der Waals surface area contributed by atoms with E-state index in [0.717, 1.165) is 22.6 Å². The second-order valence-electron chi connectivity index (χ2n) is 4.88. The van der Waals surface area contributed by atoms with E-state index in [4.69, 9.17) is 10.5 Å². The van der Waals surface area contributed by atoms with Crippen molar-refractivity contribution < 1.29 is 4.74 Å². The first kappa shape index (κ1) is 14.9. The fraction of sp³-hybridized carbons (Fsp3) is 0.235. The quantitative estimate of drug-likeness (QED) is 0.915. The Morgan fingerprint density at radius 2 is 2.00 bits per heavy atom. The summed E-state index contributed by atoms with van der Waals surface area (Å²) in [7, 11) is 3.62. The average Bonchev–Trinajstić information content (AvgIpc) is 2.54. The van der Waals surface area contributed by atoms with Gasteiger partial charge in [-0.3, -0.25) is 0 Å². The van der Waals surface area contributed by atoms with Crippen LogP contribution in [0, 0.1) is 11.3 Å². The van der Waals surface area contributed by atoms with E-state index in [1.165, 1.54) is 0 Å². The van der Waals surface area contributed by atoms with E-state index in [9.17, 15) is 5.26 Å². The molecule has 0 saturated heterocycles. The second kappa shape index (κ2) is 6.78. The third-order valence-electron chi connectivity index (χ3n) is 3.38. The first-order chi connectivity index (χ1) is 10.2. The van der Waals surface area contributed by atoms with Crippen LogP contribution in [-0.2, 0) is 13.1 Å². The van der Waals surface area contributed by atoms with Crippen molar-refractivity contribution in [1.29, 1.82) is 5.26 Å². The lowest BCUT2D eigenvalue weighted by molar-refractivity contribution is 0.414. The Balaban J connectivity index is 2.23. The van der Waals surface area contributed by atoms with Gasteiger partial charge in [-0.1, -0.05) is 18.2 Å². The molecule has 21 heavy (non-hydrogen) atoms. The van der Waals surface area contributed by atoms with Crippen LogP contribution in [0.4, 0.5) is 5.69 Å². The molecular weight excluding hydrogens is 262 g/mol. The molecule has 0 fully saturated rings. The number of nitrogens with two attached hydrogens (primary N) is 1. The molecule has 0 aliphatic heterocycles. The molecule has 0 saturated carbocycles. The molecule has 0 aliphatic carbocycles. The molecule has 0 atom stereocenters. The van der Waals surface area contributed by atoms with E-state index >= 15 is 0 Å². The highest BCUT2D eigenvalue weighted by atomic mass is 16.5. The fourth-order valence-corrected chi connectivity index (χ4v) is 2.26. The highest BCUT2D eigenvalue weighted by Crippen LogP contribution is 2.23. The molecule has 0 aromatic heterocycles. The molecule has 4 heteroatoms. The molecule has 4 nitrogen and oxygen atoms in total. The number of nitrogens with zero attached hydrogens (tertiary/aromatic N) is 2. The summed E-state index contributed by atoms with van der Waals surface area (Å²) in [5.41, 5.74) is 9.25. The van der Waals surface area contributed by atoms with Crippen molar-refractivity contribution in [2.24, 2.45) is 5.73 Å². The van der Waals surface area contributed by atoms with Crippen LogP contribution in [0.2, 0.25) is 0 Å². The maximum absolute atomic E-state index is 9.30. The van der Waals surface area contributed by atoms with Crippen molar-refractivity contribution in [3.8, 4) is 11.8 Å². The summed E-state index contributed by atoms with van der Waals surface area (Å²) in [5.74, 6) is 0.833. The number of hydrogen-bond donors (Lipinski definition) is 1. The third kappa shape index (κ3) is 3.53. The lowest BCUT2D eigenvalue weighted by Gasteiger charge is -2.21. The van der Waals surface area contributed by atoms with Gasteiger partial charge in [0.25, 0.3) is 0 Å². The molecule has 0 aliphatic rings. The van der Waals surface area contributed by atoms with Crippen LogP contribution in [0.3, 0.4) is 0 Å². The van der Waals surface area contributed by atoms with Gasteiger partial charge in [-0.05, 0) is 35.4 Å². The van der Waals surface area contributed by atoms with Gasteiger partial charge in [0.15, 0.2) is 0 Å². The Hall–Kier alpha value is -2.51. The molecule has 0 spiro atoms. The minimum absolute atomic E-state index is 0.439. The average molecular weight is 281 g/mol. The summed E-state index contributed by atoms with van der Waals surface area (Å²) in [4.78, 5) is 2.05. The van der Waals surface area contributed by atoms with Gasteiger partial charge in [0.1, 0.15) is 11.8 Å². The summed E-state index contributed by atoms with van der Waals surface area (Å²) in [6.45, 7) is 1.14. The van der Waals surface area contributed by atoms with Gasteiger partial charge in [0.2, 0.25) is 0 Å². The van der Waals surface area contributed by atoms with Crippen LogP contribution in [0.15, 0.2) is 42.5 Å². The van der Waals surface area contributed by atoms with E-state index in [1.54, 1.807) is 7.11 Å². The highest BCUT2D eigenvalue weighted by molar-refractivity contribution is 5.60. The van der Waals surface area contributed by atoms with Gasteiger partial charge in [0.05, 0.1) is 18.4 Å². The molecular formula is C17H19N3O. The molecule has 0 radical (unpaired) electrons. The molecule has 2 N–H and O–H groups in total. The van der Waals surface area contributed by atoms with Crippen LogP contribution in [0.5, 0.6) is 5.75 Å². The van der Waals surface area contributed by atoms with E-state index in [2.05, 4.69) is 6.07 Å². The zero-order valence-electron chi connectivity index (χ0n) is 12.3. The number of rotatable bonds is 5. The number of ether oxygens (including phenoxy) is 1. The van der Waals surface area contributed by atoms with Gasteiger partial charge in [0, 0.05) is 20.1 Å². The third-order valence-corrected chi connectivity index (χ3v) is 3.38. The van der Waals surface area contributed by atoms with Gasteiger partial charge in [-0.25, -0.2) is 0 Å².